The zero-order valence-electron chi connectivity index (χ0n) is 23.2. The topological polar surface area (TPSA) is 143 Å². The second kappa shape index (κ2) is 11.4. The molecule has 0 spiro atoms. The lowest BCUT2D eigenvalue weighted by molar-refractivity contribution is 0.0998. The first-order chi connectivity index (χ1) is 20.8. The summed E-state index contributed by atoms with van der Waals surface area (Å²) in [5.74, 6) is 1.25. The molecule has 12 heteroatoms. The molecular formula is C31H27F2N9O. The van der Waals surface area contributed by atoms with E-state index < -0.39 is 12.3 Å². The number of anilines is 1. The Balaban J connectivity index is 0.000000214. The third kappa shape index (κ3) is 5.42. The Morgan fingerprint density at radius 2 is 1.81 bits per heavy atom. The van der Waals surface area contributed by atoms with Gasteiger partial charge in [-0.1, -0.05) is 6.07 Å². The van der Waals surface area contributed by atoms with Crippen LogP contribution in [-0.2, 0) is 12.8 Å². The van der Waals surface area contributed by atoms with Gasteiger partial charge in [-0.3, -0.25) is 14.3 Å². The standard InChI is InChI=1S/C23H19N7.C8H8F2N2O/c24-21-18(6-2-11-25-21)22-27-19-9-10-20(29-13-3-12-26-29)28-23(19)30(22)17-8-7-15-4-1-5-16(15)14-17;1-4-2-5(8(11)13)3-12-6(4)7(9)10/h2-3,6-14H,1,4-5H2,(H2,24,25);2-3,7H,1H3,(H2,11,13). The van der Waals surface area contributed by atoms with Gasteiger partial charge in [0.25, 0.3) is 6.43 Å². The number of benzene rings is 1. The molecule has 0 fully saturated rings. The zero-order chi connectivity index (χ0) is 30.1. The predicted molar refractivity (Wildman–Crippen MR) is 158 cm³/mol. The lowest BCUT2D eigenvalue weighted by Gasteiger charge is -2.12. The number of fused-ring (bicyclic) bond motifs is 2. The molecule has 43 heavy (non-hydrogen) atoms. The van der Waals surface area contributed by atoms with E-state index >= 15 is 0 Å². The van der Waals surface area contributed by atoms with E-state index in [0.717, 1.165) is 53.1 Å². The van der Waals surface area contributed by atoms with Crippen molar-refractivity contribution in [2.75, 3.05) is 5.73 Å². The van der Waals surface area contributed by atoms with Crippen LogP contribution in [0.15, 0.2) is 79.4 Å². The first-order valence-electron chi connectivity index (χ1n) is 13.6. The molecule has 7 rings (SSSR count). The maximum atomic E-state index is 12.2. The first kappa shape index (κ1) is 27.6. The number of hydrogen-bond donors (Lipinski definition) is 2. The number of halogens is 2. The first-order valence-corrected chi connectivity index (χ1v) is 13.6. The van der Waals surface area contributed by atoms with Crippen molar-refractivity contribution in [1.82, 2.24) is 34.3 Å². The van der Waals surface area contributed by atoms with E-state index in [1.165, 1.54) is 30.5 Å². The van der Waals surface area contributed by atoms with Crippen LogP contribution in [-0.4, -0.2) is 40.2 Å². The summed E-state index contributed by atoms with van der Waals surface area (Å²) >= 11 is 0. The molecule has 0 saturated heterocycles. The molecule has 1 aromatic carbocycles. The highest BCUT2D eigenvalue weighted by atomic mass is 19.3. The lowest BCUT2D eigenvalue weighted by Crippen LogP contribution is -2.12. The minimum atomic E-state index is -2.62. The van der Waals surface area contributed by atoms with E-state index in [1.807, 2.05) is 36.5 Å². The number of primary amides is 1. The van der Waals surface area contributed by atoms with Crippen LogP contribution in [0.25, 0.3) is 34.1 Å². The monoisotopic (exact) mass is 579 g/mol. The number of nitrogens with two attached hydrogens (primary N) is 2. The fraction of sp³-hybridized carbons (Fsp3) is 0.161. The van der Waals surface area contributed by atoms with Gasteiger partial charge in [0.1, 0.15) is 17.0 Å². The van der Waals surface area contributed by atoms with Gasteiger partial charge in [0.15, 0.2) is 17.3 Å². The van der Waals surface area contributed by atoms with Crippen molar-refractivity contribution in [3.63, 3.8) is 0 Å². The summed E-state index contributed by atoms with van der Waals surface area (Å²) in [5, 5.41) is 4.32. The number of carbonyl (C=O) groups excluding carboxylic acids is 1. The minimum absolute atomic E-state index is 0.141. The molecule has 0 bridgehead atoms. The Hall–Kier alpha value is -5.52. The maximum Gasteiger partial charge on any atom is 0.280 e. The van der Waals surface area contributed by atoms with Crippen LogP contribution in [0.4, 0.5) is 14.6 Å². The molecule has 216 valence electrons. The number of alkyl halides is 2. The number of aromatic nitrogens is 7. The molecule has 0 unspecified atom stereocenters. The number of amides is 1. The smallest absolute Gasteiger partial charge is 0.280 e. The van der Waals surface area contributed by atoms with Crippen LogP contribution >= 0.6 is 0 Å². The zero-order valence-corrected chi connectivity index (χ0v) is 23.2. The number of nitrogens with zero attached hydrogens (tertiary/aromatic N) is 7. The Morgan fingerprint density at radius 1 is 0.977 bits per heavy atom. The van der Waals surface area contributed by atoms with Crippen molar-refractivity contribution in [1.29, 1.82) is 0 Å². The Morgan fingerprint density at radius 3 is 2.53 bits per heavy atom. The van der Waals surface area contributed by atoms with Crippen LogP contribution in [0, 0.1) is 6.92 Å². The third-order valence-corrected chi connectivity index (χ3v) is 7.26. The van der Waals surface area contributed by atoms with Gasteiger partial charge in [0, 0.05) is 30.5 Å². The largest absolute Gasteiger partial charge is 0.383 e. The summed E-state index contributed by atoms with van der Waals surface area (Å²) in [4.78, 5) is 28.1. The van der Waals surface area contributed by atoms with E-state index in [-0.39, 0.29) is 16.8 Å². The summed E-state index contributed by atoms with van der Waals surface area (Å²) in [6.07, 6.45) is 7.19. The minimum Gasteiger partial charge on any atom is -0.383 e. The average Bonchev–Trinajstić information content (AvgIpc) is 3.77. The number of carbonyl (C=O) groups is 1. The van der Waals surface area contributed by atoms with E-state index in [1.54, 1.807) is 17.1 Å². The fourth-order valence-electron chi connectivity index (χ4n) is 5.16. The van der Waals surface area contributed by atoms with E-state index in [2.05, 4.69) is 37.8 Å². The SMILES string of the molecule is Cc1cc(C(N)=O)cnc1C(F)F.Nc1ncccc1-c1nc2ccc(-n3cccn3)nc2n1-c1ccc2c(c1)CCC2. The molecule has 0 saturated carbocycles. The van der Waals surface area contributed by atoms with Crippen LogP contribution in [0.2, 0.25) is 0 Å². The second-order valence-electron chi connectivity index (χ2n) is 10.1. The van der Waals surface area contributed by atoms with Crippen molar-refractivity contribution < 1.29 is 13.6 Å². The van der Waals surface area contributed by atoms with Crippen molar-refractivity contribution in [2.45, 2.75) is 32.6 Å². The quantitative estimate of drug-likeness (QED) is 0.287. The van der Waals surface area contributed by atoms with Gasteiger partial charge >= 0.3 is 0 Å². The molecule has 0 radical (unpaired) electrons. The molecule has 0 aliphatic heterocycles. The highest BCUT2D eigenvalue weighted by molar-refractivity contribution is 5.92. The van der Waals surface area contributed by atoms with Crippen molar-refractivity contribution in [2.24, 2.45) is 5.73 Å². The number of pyridine rings is 3. The number of aryl methyl sites for hydroxylation is 3. The van der Waals surface area contributed by atoms with Crippen molar-refractivity contribution >= 4 is 22.9 Å². The molecular weight excluding hydrogens is 552 g/mol. The van der Waals surface area contributed by atoms with Gasteiger partial charge in [0.05, 0.1) is 11.1 Å². The molecule has 5 heterocycles. The molecule has 5 aromatic heterocycles. The van der Waals surface area contributed by atoms with E-state index in [9.17, 15) is 13.6 Å². The van der Waals surface area contributed by atoms with Gasteiger partial charge in [-0.25, -0.2) is 28.4 Å². The summed E-state index contributed by atoms with van der Waals surface area (Å²) in [7, 11) is 0. The molecule has 10 nitrogen and oxygen atoms in total. The number of hydrogen-bond acceptors (Lipinski definition) is 7. The molecule has 1 aliphatic carbocycles. The number of rotatable bonds is 5. The van der Waals surface area contributed by atoms with Crippen LogP contribution in [0.1, 0.15) is 45.6 Å². The summed E-state index contributed by atoms with van der Waals surface area (Å²) in [6.45, 7) is 1.46. The predicted octanol–water partition coefficient (Wildman–Crippen LogP) is 5.17. The highest BCUT2D eigenvalue weighted by Crippen LogP contribution is 2.33. The summed E-state index contributed by atoms with van der Waals surface area (Å²) in [6, 6.07) is 17.5. The van der Waals surface area contributed by atoms with Crippen LogP contribution < -0.4 is 11.5 Å². The van der Waals surface area contributed by atoms with Crippen LogP contribution in [0.3, 0.4) is 0 Å². The van der Waals surface area contributed by atoms with Crippen molar-refractivity contribution in [3.05, 3.63) is 107 Å². The maximum absolute atomic E-state index is 12.2. The average molecular weight is 580 g/mol. The third-order valence-electron chi connectivity index (χ3n) is 7.26. The van der Waals surface area contributed by atoms with E-state index in [4.69, 9.17) is 21.4 Å². The fourth-order valence-corrected chi connectivity index (χ4v) is 5.16. The van der Waals surface area contributed by atoms with Gasteiger partial charge in [-0.2, -0.15) is 5.10 Å². The molecule has 4 N–H and O–H groups in total. The van der Waals surface area contributed by atoms with Gasteiger partial charge in [-0.15, -0.1) is 0 Å². The molecule has 0 atom stereocenters. The Bertz CT molecular complexity index is 1950. The Kier molecular flexibility index (Phi) is 7.33. The summed E-state index contributed by atoms with van der Waals surface area (Å²) < 4.78 is 28.2. The number of imidazole rings is 1. The normalized spacial score (nSPS) is 12.3. The Labute approximate surface area is 245 Å². The van der Waals surface area contributed by atoms with Gasteiger partial charge < -0.3 is 11.5 Å². The highest BCUT2D eigenvalue weighted by Gasteiger charge is 2.20. The van der Waals surface area contributed by atoms with Gasteiger partial charge in [0.2, 0.25) is 5.91 Å². The number of nitrogen functional groups attached to an aromatic ring is 1. The van der Waals surface area contributed by atoms with E-state index in [0.29, 0.717) is 5.82 Å². The summed E-state index contributed by atoms with van der Waals surface area (Å²) in [5.41, 5.74) is 17.5. The molecule has 1 amide bonds. The molecule has 6 aromatic rings. The van der Waals surface area contributed by atoms with Crippen LogP contribution in [0.5, 0.6) is 0 Å². The van der Waals surface area contributed by atoms with Gasteiger partial charge in [-0.05, 0) is 91.4 Å². The van der Waals surface area contributed by atoms with Crippen molar-refractivity contribution in [3.8, 4) is 22.9 Å². The molecule has 1 aliphatic rings. The lowest BCUT2D eigenvalue weighted by atomic mass is 10.1. The second-order valence-corrected chi connectivity index (χ2v) is 10.1.